The molecule has 1 amide bonds. The summed E-state index contributed by atoms with van der Waals surface area (Å²) >= 11 is 0. The van der Waals surface area contributed by atoms with Gasteiger partial charge in [-0.3, -0.25) is 4.79 Å². The van der Waals surface area contributed by atoms with Crippen LogP contribution < -0.4 is 10.1 Å². The molecule has 0 spiro atoms. The van der Waals surface area contributed by atoms with Crippen LogP contribution in [0.5, 0.6) is 5.75 Å². The quantitative estimate of drug-likeness (QED) is 0.474. The van der Waals surface area contributed by atoms with Crippen LogP contribution in [0.2, 0.25) is 0 Å². The van der Waals surface area contributed by atoms with E-state index >= 15 is 0 Å². The molecule has 4 heteroatoms. The Morgan fingerprint density at radius 2 is 1.61 bits per heavy atom. The van der Waals surface area contributed by atoms with Gasteiger partial charge in [0.05, 0.1) is 12.3 Å². The van der Waals surface area contributed by atoms with Crippen LogP contribution in [0.3, 0.4) is 0 Å². The number of nitrogens with zero attached hydrogens (tertiary/aromatic N) is 1. The number of benzene rings is 3. The first-order chi connectivity index (χ1) is 13.7. The second-order valence-electron chi connectivity index (χ2n) is 6.04. The second kappa shape index (κ2) is 9.20. The van der Waals surface area contributed by atoms with Gasteiger partial charge in [-0.25, -0.2) is 0 Å². The highest BCUT2D eigenvalue weighted by Gasteiger charge is 2.12. The molecule has 1 N–H and O–H groups in total. The van der Waals surface area contributed by atoms with Crippen LogP contribution >= 0.6 is 0 Å². The van der Waals surface area contributed by atoms with Gasteiger partial charge in [0.25, 0.3) is 5.91 Å². The van der Waals surface area contributed by atoms with E-state index in [9.17, 15) is 10.1 Å². The van der Waals surface area contributed by atoms with E-state index in [4.69, 9.17) is 4.74 Å². The summed E-state index contributed by atoms with van der Waals surface area (Å²) in [5.41, 5.74) is 3.54. The van der Waals surface area contributed by atoms with Gasteiger partial charge < -0.3 is 10.1 Å². The highest BCUT2D eigenvalue weighted by Crippen LogP contribution is 2.25. The molecule has 28 heavy (non-hydrogen) atoms. The number of carbonyl (C=O) groups excluding carboxylic acids is 1. The molecule has 0 saturated heterocycles. The van der Waals surface area contributed by atoms with E-state index in [-0.39, 0.29) is 5.57 Å². The number of hydrogen-bond acceptors (Lipinski definition) is 3. The first-order valence-electron chi connectivity index (χ1n) is 9.01. The van der Waals surface area contributed by atoms with Gasteiger partial charge in [0, 0.05) is 0 Å². The van der Waals surface area contributed by atoms with Gasteiger partial charge in [0.2, 0.25) is 0 Å². The number of rotatable bonds is 6. The minimum Gasteiger partial charge on any atom is -0.492 e. The zero-order chi connectivity index (χ0) is 19.8. The van der Waals surface area contributed by atoms with Crippen LogP contribution in [0.4, 0.5) is 5.69 Å². The molecule has 0 fully saturated rings. The van der Waals surface area contributed by atoms with Gasteiger partial charge in [0.15, 0.2) is 0 Å². The van der Waals surface area contributed by atoms with Crippen molar-refractivity contribution in [2.24, 2.45) is 0 Å². The zero-order valence-electron chi connectivity index (χ0n) is 15.6. The highest BCUT2D eigenvalue weighted by atomic mass is 16.5. The van der Waals surface area contributed by atoms with Crippen molar-refractivity contribution >= 4 is 17.7 Å². The lowest BCUT2D eigenvalue weighted by atomic mass is 10.0. The lowest BCUT2D eigenvalue weighted by Gasteiger charge is -2.10. The number of para-hydroxylation sites is 2. The Hall–Kier alpha value is -3.84. The number of ether oxygens (including phenoxy) is 1. The van der Waals surface area contributed by atoms with Gasteiger partial charge in [-0.2, -0.15) is 5.26 Å². The molecule has 0 heterocycles. The summed E-state index contributed by atoms with van der Waals surface area (Å²) < 4.78 is 5.51. The maximum atomic E-state index is 12.5. The Bertz CT molecular complexity index is 1020. The number of amides is 1. The Morgan fingerprint density at radius 3 is 2.29 bits per heavy atom. The zero-order valence-corrected chi connectivity index (χ0v) is 15.6. The van der Waals surface area contributed by atoms with Crippen LogP contribution in [-0.2, 0) is 4.79 Å². The van der Waals surface area contributed by atoms with Crippen molar-refractivity contribution in [2.45, 2.75) is 6.92 Å². The van der Waals surface area contributed by atoms with Crippen LogP contribution in [-0.4, -0.2) is 12.5 Å². The van der Waals surface area contributed by atoms with Crippen molar-refractivity contribution in [2.75, 3.05) is 11.9 Å². The van der Waals surface area contributed by atoms with Crippen molar-refractivity contribution in [3.8, 4) is 22.9 Å². The first kappa shape index (κ1) is 18.9. The predicted octanol–water partition coefficient (Wildman–Crippen LogP) is 5.30. The van der Waals surface area contributed by atoms with E-state index in [0.717, 1.165) is 16.7 Å². The van der Waals surface area contributed by atoms with Crippen molar-refractivity contribution in [1.29, 1.82) is 5.26 Å². The fourth-order valence-corrected chi connectivity index (χ4v) is 2.76. The number of nitriles is 1. The molecular weight excluding hydrogens is 348 g/mol. The molecule has 3 aromatic rings. The standard InChI is InChI=1S/C24H20N2O2/c1-2-28-23-11-7-6-10-22(23)26-24(27)21(17-25)16-18-12-14-20(15-13-18)19-8-4-3-5-9-19/h3-16H,2H2,1H3,(H,26,27)/b21-16-. The molecule has 0 aromatic heterocycles. The smallest absolute Gasteiger partial charge is 0.266 e. The maximum Gasteiger partial charge on any atom is 0.266 e. The number of anilines is 1. The molecule has 0 bridgehead atoms. The number of carbonyl (C=O) groups is 1. The van der Waals surface area contributed by atoms with Crippen LogP contribution in [0, 0.1) is 11.3 Å². The van der Waals surface area contributed by atoms with E-state index in [1.165, 1.54) is 0 Å². The van der Waals surface area contributed by atoms with Crippen molar-refractivity contribution in [3.63, 3.8) is 0 Å². The average molecular weight is 368 g/mol. The summed E-state index contributed by atoms with van der Waals surface area (Å²) in [5.74, 6) is 0.102. The van der Waals surface area contributed by atoms with Gasteiger partial charge >= 0.3 is 0 Å². The third-order valence-electron chi connectivity index (χ3n) is 4.13. The minimum absolute atomic E-state index is 0.0266. The van der Waals surface area contributed by atoms with E-state index in [0.29, 0.717) is 18.0 Å². The lowest BCUT2D eigenvalue weighted by molar-refractivity contribution is -0.112. The minimum atomic E-state index is -0.471. The number of nitrogens with one attached hydrogen (secondary N) is 1. The highest BCUT2D eigenvalue weighted by molar-refractivity contribution is 6.10. The van der Waals surface area contributed by atoms with E-state index in [2.05, 4.69) is 5.32 Å². The summed E-state index contributed by atoms with van der Waals surface area (Å²) in [5, 5.41) is 12.2. The summed E-state index contributed by atoms with van der Waals surface area (Å²) in [6.45, 7) is 2.36. The van der Waals surface area contributed by atoms with E-state index < -0.39 is 5.91 Å². The molecule has 0 saturated carbocycles. The monoisotopic (exact) mass is 368 g/mol. The molecular formula is C24H20N2O2. The summed E-state index contributed by atoms with van der Waals surface area (Å²) in [4.78, 5) is 12.5. The van der Waals surface area contributed by atoms with Gasteiger partial charge in [-0.15, -0.1) is 0 Å². The maximum absolute atomic E-state index is 12.5. The second-order valence-corrected chi connectivity index (χ2v) is 6.04. The normalized spacial score (nSPS) is 10.8. The first-order valence-corrected chi connectivity index (χ1v) is 9.01. The van der Waals surface area contributed by atoms with Crippen LogP contribution in [0.15, 0.2) is 84.4 Å². The molecule has 0 radical (unpaired) electrons. The third kappa shape index (κ3) is 4.66. The van der Waals surface area contributed by atoms with Gasteiger partial charge in [-0.05, 0) is 41.8 Å². The fourth-order valence-electron chi connectivity index (χ4n) is 2.76. The van der Waals surface area contributed by atoms with Crippen molar-refractivity contribution < 1.29 is 9.53 Å². The molecule has 4 nitrogen and oxygen atoms in total. The van der Waals surface area contributed by atoms with Crippen LogP contribution in [0.1, 0.15) is 12.5 Å². The lowest BCUT2D eigenvalue weighted by Crippen LogP contribution is -2.14. The Morgan fingerprint density at radius 1 is 0.964 bits per heavy atom. The largest absolute Gasteiger partial charge is 0.492 e. The van der Waals surface area contributed by atoms with Crippen molar-refractivity contribution in [1.82, 2.24) is 0 Å². The SMILES string of the molecule is CCOc1ccccc1NC(=O)/C(C#N)=C\c1ccc(-c2ccccc2)cc1. The Kier molecular flexibility index (Phi) is 6.22. The van der Waals surface area contributed by atoms with E-state index in [1.807, 2.05) is 73.7 Å². The molecule has 3 aromatic carbocycles. The van der Waals surface area contributed by atoms with Gasteiger partial charge in [-0.1, -0.05) is 66.7 Å². The molecule has 0 atom stereocenters. The topological polar surface area (TPSA) is 62.1 Å². The Labute approximate surface area is 164 Å². The third-order valence-corrected chi connectivity index (χ3v) is 4.13. The summed E-state index contributed by atoms with van der Waals surface area (Å²) in [6, 6.07) is 26.9. The number of hydrogen-bond donors (Lipinski definition) is 1. The Balaban J connectivity index is 1.78. The van der Waals surface area contributed by atoms with Crippen molar-refractivity contribution in [3.05, 3.63) is 90.0 Å². The van der Waals surface area contributed by atoms with E-state index in [1.54, 1.807) is 24.3 Å². The molecule has 0 aliphatic carbocycles. The summed E-state index contributed by atoms with van der Waals surface area (Å²) in [6.07, 6.45) is 1.58. The fraction of sp³-hybridized carbons (Fsp3) is 0.0833. The molecule has 0 unspecified atom stereocenters. The van der Waals surface area contributed by atoms with Crippen LogP contribution in [0.25, 0.3) is 17.2 Å². The average Bonchev–Trinajstić information content (AvgIpc) is 2.74. The predicted molar refractivity (Wildman–Crippen MR) is 112 cm³/mol. The molecule has 0 aliphatic heterocycles. The van der Waals surface area contributed by atoms with Gasteiger partial charge in [0.1, 0.15) is 17.4 Å². The molecule has 0 aliphatic rings. The summed E-state index contributed by atoms with van der Waals surface area (Å²) in [7, 11) is 0. The molecule has 3 rings (SSSR count). The molecule has 138 valence electrons.